The lowest BCUT2D eigenvalue weighted by Gasteiger charge is -2.55. The van der Waals surface area contributed by atoms with Gasteiger partial charge in [0.25, 0.3) is 0 Å². The number of carbonyl (C=O) groups is 2. The van der Waals surface area contributed by atoms with Gasteiger partial charge in [0.1, 0.15) is 0 Å². The van der Waals surface area contributed by atoms with Crippen molar-refractivity contribution in [3.05, 3.63) is 59.4 Å². The van der Waals surface area contributed by atoms with Gasteiger partial charge < -0.3 is 10.6 Å². The highest BCUT2D eigenvalue weighted by Gasteiger charge is 2.54. The fraction of sp³-hybridized carbons (Fsp3) is 0.414. The topological polar surface area (TPSA) is 102 Å². The molecule has 4 fully saturated rings. The van der Waals surface area contributed by atoms with E-state index in [0.29, 0.717) is 44.6 Å². The Hall–Kier alpha value is -2.95. The number of thioether (sulfide) groups is 1. The molecule has 0 radical (unpaired) electrons. The molecule has 4 bridgehead atoms. The third kappa shape index (κ3) is 4.90. The van der Waals surface area contributed by atoms with E-state index in [4.69, 9.17) is 11.6 Å². The van der Waals surface area contributed by atoms with Gasteiger partial charge >= 0.3 is 0 Å². The van der Waals surface area contributed by atoms with Crippen molar-refractivity contribution in [3.63, 3.8) is 0 Å². The second-order valence-electron chi connectivity index (χ2n) is 11.4. The van der Waals surface area contributed by atoms with Crippen LogP contribution in [0.5, 0.6) is 0 Å². The van der Waals surface area contributed by atoms with Gasteiger partial charge in [0.05, 0.1) is 33.2 Å². The number of amides is 2. The quantitative estimate of drug-likeness (QED) is 0.240. The molecule has 0 unspecified atom stereocenters. The van der Waals surface area contributed by atoms with E-state index in [9.17, 15) is 9.59 Å². The molecule has 2 heterocycles. The summed E-state index contributed by atoms with van der Waals surface area (Å²) >= 11 is 9.29. The summed E-state index contributed by atoms with van der Waals surface area (Å²) in [5.41, 5.74) is 1.33. The van der Waals surface area contributed by atoms with Crippen molar-refractivity contribution in [1.82, 2.24) is 25.1 Å². The van der Waals surface area contributed by atoms with E-state index in [1.54, 1.807) is 0 Å². The summed E-state index contributed by atoms with van der Waals surface area (Å²) < 4.78 is 2.86. The summed E-state index contributed by atoms with van der Waals surface area (Å²) in [7, 11) is 0. The molecule has 0 atom stereocenters. The molecule has 0 spiro atoms. The van der Waals surface area contributed by atoms with Crippen molar-refractivity contribution in [1.29, 1.82) is 0 Å². The number of aromatic nitrogens is 4. The van der Waals surface area contributed by atoms with Crippen molar-refractivity contribution < 1.29 is 9.59 Å². The number of fused-ring (bicyclic) bond motifs is 1. The first-order valence-corrected chi connectivity index (χ1v) is 15.9. The van der Waals surface area contributed by atoms with Crippen molar-refractivity contribution >= 4 is 61.9 Å². The minimum absolute atomic E-state index is 0.123. The summed E-state index contributed by atoms with van der Waals surface area (Å²) in [6.07, 6.45) is 6.90. The Labute approximate surface area is 245 Å². The molecule has 8 nitrogen and oxygen atoms in total. The van der Waals surface area contributed by atoms with Crippen LogP contribution in [0.4, 0.5) is 5.13 Å². The van der Waals surface area contributed by atoms with E-state index in [2.05, 4.69) is 25.8 Å². The molecule has 2 N–H and O–H groups in total. The zero-order valence-corrected chi connectivity index (χ0v) is 24.2. The van der Waals surface area contributed by atoms with Gasteiger partial charge in [-0.2, -0.15) is 0 Å². The number of benzene rings is 2. The van der Waals surface area contributed by atoms with Crippen molar-refractivity contribution in [2.75, 3.05) is 11.1 Å². The molecule has 2 amide bonds. The summed E-state index contributed by atoms with van der Waals surface area (Å²) in [6, 6.07) is 15.2. The third-order valence-electron chi connectivity index (χ3n) is 8.59. The van der Waals surface area contributed by atoms with E-state index in [-0.39, 0.29) is 29.5 Å². The first-order valence-electron chi connectivity index (χ1n) is 13.7. The Bertz CT molecular complexity index is 1530. The molecule has 40 heavy (non-hydrogen) atoms. The van der Waals surface area contributed by atoms with Gasteiger partial charge in [0.15, 0.2) is 16.1 Å². The van der Waals surface area contributed by atoms with Gasteiger partial charge in [0, 0.05) is 5.41 Å². The van der Waals surface area contributed by atoms with E-state index in [0.717, 1.165) is 29.5 Å². The zero-order valence-electron chi connectivity index (χ0n) is 21.8. The maximum atomic E-state index is 13.6. The number of nitrogens with zero attached hydrogens (tertiary/aromatic N) is 4. The SMILES string of the molecule is O=C(CSc1nnc(CNC(=O)C23CC4CC(CC(C4)C2)C3)n1-c1ccccc1Cl)Nc1nc2ccccc2s1. The Morgan fingerprint density at radius 2 is 1.70 bits per heavy atom. The molecule has 4 aromatic rings. The largest absolute Gasteiger partial charge is 0.348 e. The molecule has 2 aromatic carbocycles. The van der Waals surface area contributed by atoms with Crippen LogP contribution < -0.4 is 10.6 Å². The highest BCUT2D eigenvalue weighted by Crippen LogP contribution is 2.60. The average molecular weight is 593 g/mol. The smallest absolute Gasteiger partial charge is 0.236 e. The van der Waals surface area contributed by atoms with E-state index >= 15 is 0 Å². The Morgan fingerprint density at radius 1 is 1.00 bits per heavy atom. The number of hydrogen-bond donors (Lipinski definition) is 2. The lowest BCUT2D eigenvalue weighted by molar-refractivity contribution is -0.146. The molecule has 4 saturated carbocycles. The van der Waals surface area contributed by atoms with Crippen LogP contribution in [0.2, 0.25) is 5.02 Å². The maximum Gasteiger partial charge on any atom is 0.236 e. The Morgan fingerprint density at radius 3 is 2.42 bits per heavy atom. The van der Waals surface area contributed by atoms with Crippen LogP contribution in [0.3, 0.4) is 0 Å². The highest BCUT2D eigenvalue weighted by molar-refractivity contribution is 7.99. The van der Waals surface area contributed by atoms with Crippen molar-refractivity contribution in [2.24, 2.45) is 23.2 Å². The minimum Gasteiger partial charge on any atom is -0.348 e. The maximum absolute atomic E-state index is 13.6. The van der Waals surface area contributed by atoms with Gasteiger partial charge in [-0.3, -0.25) is 14.2 Å². The van der Waals surface area contributed by atoms with Gasteiger partial charge in [-0.05, 0) is 80.5 Å². The Balaban J connectivity index is 1.07. The summed E-state index contributed by atoms with van der Waals surface area (Å²) in [6.45, 7) is 0.247. The molecular weight excluding hydrogens is 564 g/mol. The number of carbonyl (C=O) groups excluding carboxylic acids is 2. The van der Waals surface area contributed by atoms with Crippen molar-refractivity contribution in [2.45, 2.75) is 50.2 Å². The first-order chi connectivity index (χ1) is 19.5. The van der Waals surface area contributed by atoms with E-state index < -0.39 is 0 Å². The van der Waals surface area contributed by atoms with Crippen LogP contribution in [0.1, 0.15) is 44.3 Å². The normalized spacial score (nSPS) is 24.9. The van der Waals surface area contributed by atoms with E-state index in [1.807, 2.05) is 53.1 Å². The predicted octanol–water partition coefficient (Wildman–Crippen LogP) is 6.09. The molecular formula is C29H29ClN6O2S2. The number of rotatable bonds is 8. The molecule has 2 aromatic heterocycles. The molecule has 206 valence electrons. The molecule has 0 saturated heterocycles. The number of para-hydroxylation sites is 2. The number of anilines is 1. The van der Waals surface area contributed by atoms with Crippen LogP contribution in [-0.2, 0) is 16.1 Å². The van der Waals surface area contributed by atoms with Crippen molar-refractivity contribution in [3.8, 4) is 5.69 Å². The summed E-state index contributed by atoms with van der Waals surface area (Å²) in [5.74, 6) is 2.75. The van der Waals surface area contributed by atoms with Crippen LogP contribution >= 0.6 is 34.7 Å². The molecule has 8 rings (SSSR count). The lowest BCUT2D eigenvalue weighted by atomic mass is 9.49. The van der Waals surface area contributed by atoms with Crippen LogP contribution in [0.15, 0.2) is 53.7 Å². The molecule has 4 aliphatic carbocycles. The highest BCUT2D eigenvalue weighted by atomic mass is 35.5. The van der Waals surface area contributed by atoms with Gasteiger partial charge in [-0.15, -0.1) is 10.2 Å². The Kier molecular flexibility index (Phi) is 6.80. The lowest BCUT2D eigenvalue weighted by Crippen LogP contribution is -2.53. The summed E-state index contributed by atoms with van der Waals surface area (Å²) in [4.78, 5) is 30.9. The molecule has 4 aliphatic rings. The predicted molar refractivity (Wildman–Crippen MR) is 158 cm³/mol. The minimum atomic E-state index is -0.236. The van der Waals surface area contributed by atoms with Crippen LogP contribution in [0.25, 0.3) is 15.9 Å². The summed E-state index contributed by atoms with van der Waals surface area (Å²) in [5, 5.41) is 16.5. The second kappa shape index (κ2) is 10.5. The molecule has 11 heteroatoms. The second-order valence-corrected chi connectivity index (χ2v) is 13.8. The van der Waals surface area contributed by atoms with Gasteiger partial charge in [-0.25, -0.2) is 4.98 Å². The van der Waals surface area contributed by atoms with E-state index in [1.165, 1.54) is 42.4 Å². The fourth-order valence-electron chi connectivity index (χ4n) is 7.33. The standard InChI is InChI=1S/C29H29ClN6O2S2/c30-20-5-1-3-7-22(20)36-24(15-31-26(38)29-12-17-9-18(13-29)11-19(10-17)14-29)34-35-28(36)39-16-25(37)33-27-32-21-6-2-4-8-23(21)40-27/h1-8,17-19H,9-16H2,(H,31,38)(H,32,33,37). The number of nitrogens with one attached hydrogen (secondary N) is 2. The number of halogens is 1. The molecule has 0 aliphatic heterocycles. The first kappa shape index (κ1) is 26.0. The fourth-order valence-corrected chi connectivity index (χ4v) is 9.20. The van der Waals surface area contributed by atoms with Crippen LogP contribution in [0, 0.1) is 23.2 Å². The monoisotopic (exact) mass is 592 g/mol. The zero-order chi connectivity index (χ0) is 27.3. The van der Waals surface area contributed by atoms with Gasteiger partial charge in [-0.1, -0.05) is 59.0 Å². The number of thiazole rings is 1. The number of hydrogen-bond acceptors (Lipinski definition) is 7. The van der Waals surface area contributed by atoms with Crippen LogP contribution in [-0.4, -0.2) is 37.3 Å². The average Bonchev–Trinajstić information content (AvgIpc) is 3.53. The third-order valence-corrected chi connectivity index (χ3v) is 10.8. The van der Waals surface area contributed by atoms with Gasteiger partial charge in [0.2, 0.25) is 11.8 Å².